The highest BCUT2D eigenvalue weighted by atomic mass is 79.9. The van der Waals surface area contributed by atoms with Gasteiger partial charge < -0.3 is 10.1 Å². The molecule has 27 heavy (non-hydrogen) atoms. The normalized spacial score (nSPS) is 14.2. The third-order valence-electron chi connectivity index (χ3n) is 4.25. The molecule has 1 aliphatic rings. The van der Waals surface area contributed by atoms with Gasteiger partial charge in [0, 0.05) is 20.1 Å². The van der Waals surface area contributed by atoms with Gasteiger partial charge in [0.15, 0.2) is 0 Å². The number of hydrogen-bond acceptors (Lipinski definition) is 2. The summed E-state index contributed by atoms with van der Waals surface area (Å²) in [6.07, 6.45) is 1.88. The van der Waals surface area contributed by atoms with Gasteiger partial charge in [-0.1, -0.05) is 45.8 Å². The molecule has 0 atom stereocenters. The standard InChI is InChI=1S/C22H15Br2NO2/c1-13-5-7-16(8-6-13)27-17-4-2-3-14(9-17)10-19-18-11-15(23)12-20(24)21(18)25-22(19)26/h2-12H,1H3,(H,25,26). The van der Waals surface area contributed by atoms with E-state index in [1.165, 1.54) is 5.56 Å². The molecule has 3 aromatic rings. The molecule has 0 spiro atoms. The Hall–Kier alpha value is -2.37. The number of hydrogen-bond donors (Lipinski definition) is 1. The topological polar surface area (TPSA) is 38.3 Å². The van der Waals surface area contributed by atoms with E-state index in [0.29, 0.717) is 5.57 Å². The van der Waals surface area contributed by atoms with Crippen LogP contribution in [0.2, 0.25) is 0 Å². The number of halogens is 2. The minimum Gasteiger partial charge on any atom is -0.457 e. The molecule has 0 radical (unpaired) electrons. The van der Waals surface area contributed by atoms with Crippen LogP contribution in [0.15, 0.2) is 69.6 Å². The summed E-state index contributed by atoms with van der Waals surface area (Å²) >= 11 is 6.99. The number of aryl methyl sites for hydroxylation is 1. The van der Waals surface area contributed by atoms with Crippen molar-refractivity contribution in [3.63, 3.8) is 0 Å². The number of ether oxygens (including phenoxy) is 1. The number of amides is 1. The van der Waals surface area contributed by atoms with Crippen LogP contribution in [0.25, 0.3) is 11.6 Å². The maximum Gasteiger partial charge on any atom is 0.256 e. The third kappa shape index (κ3) is 3.84. The molecule has 5 heteroatoms. The zero-order valence-electron chi connectivity index (χ0n) is 14.4. The van der Waals surface area contributed by atoms with Gasteiger partial charge in [0.05, 0.1) is 5.69 Å². The molecule has 0 saturated heterocycles. The van der Waals surface area contributed by atoms with Gasteiger partial charge in [0.2, 0.25) is 0 Å². The summed E-state index contributed by atoms with van der Waals surface area (Å²) in [6.45, 7) is 2.04. The summed E-state index contributed by atoms with van der Waals surface area (Å²) in [6, 6.07) is 19.4. The third-order valence-corrected chi connectivity index (χ3v) is 5.34. The molecule has 3 nitrogen and oxygen atoms in total. The first-order valence-corrected chi connectivity index (χ1v) is 9.95. The largest absolute Gasteiger partial charge is 0.457 e. The monoisotopic (exact) mass is 483 g/mol. The van der Waals surface area contributed by atoms with E-state index in [1.54, 1.807) is 0 Å². The number of fused-ring (bicyclic) bond motifs is 1. The molecule has 134 valence electrons. The van der Waals surface area contributed by atoms with Gasteiger partial charge in [-0.15, -0.1) is 0 Å². The second kappa shape index (κ2) is 7.33. The molecule has 0 fully saturated rings. The number of nitrogens with one attached hydrogen (secondary N) is 1. The van der Waals surface area contributed by atoms with Gasteiger partial charge >= 0.3 is 0 Å². The lowest BCUT2D eigenvalue weighted by molar-refractivity contribution is -0.110. The minimum absolute atomic E-state index is 0.117. The highest BCUT2D eigenvalue weighted by molar-refractivity contribution is 9.11. The zero-order chi connectivity index (χ0) is 19.0. The SMILES string of the molecule is Cc1ccc(Oc2cccc(C=C3C(=O)Nc4c(Br)cc(Br)cc43)c2)cc1. The number of rotatable bonds is 3. The molecule has 1 N–H and O–H groups in total. The molecular formula is C22H15Br2NO2. The van der Waals surface area contributed by atoms with Gasteiger partial charge in [-0.2, -0.15) is 0 Å². The van der Waals surface area contributed by atoms with E-state index in [0.717, 1.165) is 37.3 Å². The van der Waals surface area contributed by atoms with Gasteiger partial charge in [0.1, 0.15) is 11.5 Å². The first kappa shape index (κ1) is 18.0. The van der Waals surface area contributed by atoms with Gasteiger partial charge in [-0.3, -0.25) is 4.79 Å². The minimum atomic E-state index is -0.117. The van der Waals surface area contributed by atoms with E-state index in [4.69, 9.17) is 4.74 Å². The first-order valence-electron chi connectivity index (χ1n) is 8.37. The fourth-order valence-corrected chi connectivity index (χ4v) is 4.26. The van der Waals surface area contributed by atoms with Gasteiger partial charge in [0.25, 0.3) is 5.91 Å². The second-order valence-corrected chi connectivity index (χ2v) is 8.08. The summed E-state index contributed by atoms with van der Waals surface area (Å²) in [4.78, 5) is 12.5. The van der Waals surface area contributed by atoms with Crippen molar-refractivity contribution < 1.29 is 9.53 Å². The smallest absolute Gasteiger partial charge is 0.256 e. The molecule has 1 aliphatic heterocycles. The van der Waals surface area contributed by atoms with Crippen molar-refractivity contribution in [3.05, 3.63) is 86.3 Å². The lowest BCUT2D eigenvalue weighted by Gasteiger charge is -2.07. The van der Waals surface area contributed by atoms with Crippen LogP contribution in [-0.4, -0.2) is 5.91 Å². The maximum absolute atomic E-state index is 12.5. The molecule has 0 bridgehead atoms. The Balaban J connectivity index is 1.67. The van der Waals surface area contributed by atoms with Crippen molar-refractivity contribution in [3.8, 4) is 11.5 Å². The fourth-order valence-electron chi connectivity index (χ4n) is 2.94. The number of benzene rings is 3. The Labute approximate surface area is 174 Å². The van der Waals surface area contributed by atoms with Crippen molar-refractivity contribution in [2.45, 2.75) is 6.92 Å². The van der Waals surface area contributed by atoms with Crippen molar-refractivity contribution in [2.75, 3.05) is 5.32 Å². The predicted octanol–water partition coefficient (Wildman–Crippen LogP) is 6.81. The quantitative estimate of drug-likeness (QED) is 0.415. The highest BCUT2D eigenvalue weighted by Crippen LogP contribution is 2.40. The maximum atomic E-state index is 12.5. The van der Waals surface area contributed by atoms with Crippen molar-refractivity contribution in [2.24, 2.45) is 0 Å². The van der Waals surface area contributed by atoms with Crippen LogP contribution in [0.4, 0.5) is 5.69 Å². The fraction of sp³-hybridized carbons (Fsp3) is 0.0455. The predicted molar refractivity (Wildman–Crippen MR) is 116 cm³/mol. The van der Waals surface area contributed by atoms with E-state index < -0.39 is 0 Å². The molecule has 0 unspecified atom stereocenters. The van der Waals surface area contributed by atoms with Crippen LogP contribution in [0.3, 0.4) is 0 Å². The van der Waals surface area contributed by atoms with Crippen molar-refractivity contribution in [1.82, 2.24) is 0 Å². The zero-order valence-corrected chi connectivity index (χ0v) is 17.6. The average molecular weight is 485 g/mol. The Kier molecular flexibility index (Phi) is 4.89. The van der Waals surface area contributed by atoms with E-state index in [1.807, 2.05) is 73.7 Å². The Morgan fingerprint density at radius 2 is 1.74 bits per heavy atom. The molecule has 3 aromatic carbocycles. The highest BCUT2D eigenvalue weighted by Gasteiger charge is 2.26. The Morgan fingerprint density at radius 3 is 2.52 bits per heavy atom. The van der Waals surface area contributed by atoms with E-state index in [2.05, 4.69) is 37.2 Å². The summed E-state index contributed by atoms with van der Waals surface area (Å²) in [5.41, 5.74) is 4.37. The molecule has 0 saturated carbocycles. The lowest BCUT2D eigenvalue weighted by Crippen LogP contribution is -2.03. The summed E-state index contributed by atoms with van der Waals surface area (Å²) in [7, 11) is 0. The second-order valence-electron chi connectivity index (χ2n) is 6.31. The van der Waals surface area contributed by atoms with Crippen LogP contribution < -0.4 is 10.1 Å². The lowest BCUT2D eigenvalue weighted by atomic mass is 10.0. The molecule has 4 rings (SSSR count). The molecule has 1 heterocycles. The number of carbonyl (C=O) groups excluding carboxylic acids is 1. The van der Waals surface area contributed by atoms with Crippen molar-refractivity contribution in [1.29, 1.82) is 0 Å². The van der Waals surface area contributed by atoms with Crippen LogP contribution in [0.1, 0.15) is 16.7 Å². The summed E-state index contributed by atoms with van der Waals surface area (Å²) in [5.74, 6) is 1.39. The van der Waals surface area contributed by atoms with Crippen molar-refractivity contribution >= 4 is 55.1 Å². The van der Waals surface area contributed by atoms with Gasteiger partial charge in [-0.05, 0) is 70.9 Å². The Morgan fingerprint density at radius 1 is 0.963 bits per heavy atom. The van der Waals surface area contributed by atoms with Crippen LogP contribution in [0.5, 0.6) is 11.5 Å². The van der Waals surface area contributed by atoms with E-state index >= 15 is 0 Å². The van der Waals surface area contributed by atoms with Crippen LogP contribution in [0, 0.1) is 6.92 Å². The summed E-state index contributed by atoms with van der Waals surface area (Å²) < 4.78 is 7.68. The Bertz CT molecular complexity index is 1070. The summed E-state index contributed by atoms with van der Waals surface area (Å²) in [5, 5.41) is 2.92. The molecular weight excluding hydrogens is 470 g/mol. The number of carbonyl (C=O) groups is 1. The molecule has 1 amide bonds. The van der Waals surface area contributed by atoms with E-state index in [-0.39, 0.29) is 5.91 Å². The molecule has 0 aromatic heterocycles. The molecule has 0 aliphatic carbocycles. The van der Waals surface area contributed by atoms with Crippen LogP contribution in [-0.2, 0) is 4.79 Å². The first-order chi connectivity index (χ1) is 13.0. The van der Waals surface area contributed by atoms with Gasteiger partial charge in [-0.25, -0.2) is 0 Å². The number of anilines is 1. The van der Waals surface area contributed by atoms with E-state index in [9.17, 15) is 4.79 Å². The van der Waals surface area contributed by atoms with Crippen LogP contribution >= 0.6 is 31.9 Å². The average Bonchev–Trinajstić information content (AvgIpc) is 2.94.